The van der Waals surface area contributed by atoms with Gasteiger partial charge in [-0.05, 0) is 18.6 Å². The van der Waals surface area contributed by atoms with Crippen molar-refractivity contribution in [3.8, 4) is 22.8 Å². The predicted octanol–water partition coefficient (Wildman–Crippen LogP) is 3.07. The van der Waals surface area contributed by atoms with Crippen molar-refractivity contribution in [3.63, 3.8) is 0 Å². The number of hydrogen-bond acceptors (Lipinski definition) is 4. The number of likely N-dealkylation sites (tertiary alicyclic amines) is 1. The second-order valence-corrected chi connectivity index (χ2v) is 6.28. The van der Waals surface area contributed by atoms with Crippen LogP contribution < -0.4 is 4.74 Å². The molecule has 3 heterocycles. The first-order valence-electron chi connectivity index (χ1n) is 8.67. The molecule has 1 aliphatic rings. The van der Waals surface area contributed by atoms with Crippen LogP contribution in [0, 0.1) is 0 Å². The number of amides is 1. The van der Waals surface area contributed by atoms with E-state index in [1.165, 1.54) is 0 Å². The van der Waals surface area contributed by atoms with Crippen LogP contribution in [0.4, 0.5) is 0 Å². The summed E-state index contributed by atoms with van der Waals surface area (Å²) in [5, 5.41) is 4.75. The molecule has 6 nitrogen and oxygen atoms in total. The molecule has 3 aromatic rings. The molecule has 0 N–H and O–H groups in total. The summed E-state index contributed by atoms with van der Waals surface area (Å²) in [5.41, 5.74) is 3.76. The smallest absolute Gasteiger partial charge is 0.222 e. The van der Waals surface area contributed by atoms with Crippen LogP contribution >= 0.6 is 0 Å². The zero-order chi connectivity index (χ0) is 17.9. The van der Waals surface area contributed by atoms with E-state index in [0.29, 0.717) is 18.8 Å². The molecule has 2 aromatic heterocycles. The minimum Gasteiger partial charge on any atom is -0.481 e. The fourth-order valence-electron chi connectivity index (χ4n) is 3.20. The van der Waals surface area contributed by atoms with Crippen LogP contribution in [-0.4, -0.2) is 39.2 Å². The molecular weight excluding hydrogens is 328 g/mol. The Labute approximate surface area is 152 Å². The van der Waals surface area contributed by atoms with Gasteiger partial charge in [-0.2, -0.15) is 5.10 Å². The lowest BCUT2D eigenvalue weighted by Crippen LogP contribution is -2.24. The highest BCUT2D eigenvalue weighted by molar-refractivity contribution is 5.78. The summed E-state index contributed by atoms with van der Waals surface area (Å²) in [6.45, 7) is 1.34. The van der Waals surface area contributed by atoms with Gasteiger partial charge in [0.1, 0.15) is 0 Å². The topological polar surface area (TPSA) is 60.2 Å². The number of pyridine rings is 1. The summed E-state index contributed by atoms with van der Waals surface area (Å²) in [4.78, 5) is 18.1. The number of ether oxygens (including phenoxy) is 1. The van der Waals surface area contributed by atoms with Crippen molar-refractivity contribution in [1.82, 2.24) is 19.7 Å². The van der Waals surface area contributed by atoms with E-state index in [4.69, 9.17) is 9.84 Å². The Hall–Kier alpha value is -3.15. The van der Waals surface area contributed by atoms with Crippen LogP contribution in [0.5, 0.6) is 5.88 Å². The monoisotopic (exact) mass is 348 g/mol. The van der Waals surface area contributed by atoms with Crippen molar-refractivity contribution in [3.05, 3.63) is 60.4 Å². The summed E-state index contributed by atoms with van der Waals surface area (Å²) in [6.07, 6.45) is 3.30. The lowest BCUT2D eigenvalue weighted by molar-refractivity contribution is -0.128. The van der Waals surface area contributed by atoms with Gasteiger partial charge in [-0.25, -0.2) is 9.67 Å². The molecule has 0 bridgehead atoms. The van der Waals surface area contributed by atoms with Crippen molar-refractivity contribution in [2.24, 2.45) is 0 Å². The number of nitrogens with zero attached hydrogens (tertiary/aromatic N) is 4. The average Bonchev–Trinajstić information content (AvgIpc) is 3.29. The van der Waals surface area contributed by atoms with E-state index in [9.17, 15) is 4.79 Å². The van der Waals surface area contributed by atoms with Crippen LogP contribution in [0.1, 0.15) is 18.5 Å². The molecule has 0 unspecified atom stereocenters. The number of methoxy groups -OCH3 is 1. The second kappa shape index (κ2) is 7.00. The van der Waals surface area contributed by atoms with Gasteiger partial charge in [-0.1, -0.05) is 30.3 Å². The van der Waals surface area contributed by atoms with E-state index >= 15 is 0 Å². The Morgan fingerprint density at radius 2 is 2.00 bits per heavy atom. The maximum Gasteiger partial charge on any atom is 0.222 e. The van der Waals surface area contributed by atoms with Gasteiger partial charge in [0.2, 0.25) is 11.8 Å². The Balaban J connectivity index is 1.73. The third-order valence-corrected chi connectivity index (χ3v) is 4.53. The molecule has 4 rings (SSSR count). The molecular formula is C20H20N4O2. The molecule has 0 saturated carbocycles. The number of carbonyl (C=O) groups excluding carboxylic acids is 1. The zero-order valence-electron chi connectivity index (χ0n) is 14.6. The highest BCUT2D eigenvalue weighted by atomic mass is 16.5. The third kappa shape index (κ3) is 3.18. The maximum absolute atomic E-state index is 11.9. The minimum atomic E-state index is 0.201. The summed E-state index contributed by atoms with van der Waals surface area (Å²) in [7, 11) is 1.59. The fourth-order valence-corrected chi connectivity index (χ4v) is 3.20. The average molecular weight is 348 g/mol. The van der Waals surface area contributed by atoms with E-state index < -0.39 is 0 Å². The molecule has 1 aromatic carbocycles. The van der Waals surface area contributed by atoms with E-state index in [1.807, 2.05) is 46.0 Å². The third-order valence-electron chi connectivity index (χ3n) is 4.53. The van der Waals surface area contributed by atoms with Gasteiger partial charge in [0.05, 0.1) is 36.9 Å². The quantitative estimate of drug-likeness (QED) is 0.711. The SMILES string of the molecule is COc1ccc(-n2nc(CN3CCCC3=O)cc2-c2ccccc2)cn1. The van der Waals surface area contributed by atoms with Gasteiger partial charge in [-0.15, -0.1) is 0 Å². The Morgan fingerprint density at radius 3 is 2.65 bits per heavy atom. The first-order chi connectivity index (χ1) is 12.7. The number of aromatic nitrogens is 3. The predicted molar refractivity (Wildman–Crippen MR) is 98.0 cm³/mol. The number of hydrogen-bond donors (Lipinski definition) is 0. The molecule has 26 heavy (non-hydrogen) atoms. The molecule has 1 aliphatic heterocycles. The molecule has 1 amide bonds. The first kappa shape index (κ1) is 16.3. The van der Waals surface area contributed by atoms with Crippen LogP contribution in [0.2, 0.25) is 0 Å². The van der Waals surface area contributed by atoms with Gasteiger partial charge in [0.25, 0.3) is 0 Å². The molecule has 0 atom stereocenters. The fraction of sp³-hybridized carbons (Fsp3) is 0.250. The van der Waals surface area contributed by atoms with Gasteiger partial charge in [0.15, 0.2) is 0 Å². The summed E-state index contributed by atoms with van der Waals surface area (Å²) < 4.78 is 7.01. The summed E-state index contributed by atoms with van der Waals surface area (Å²) >= 11 is 0. The lowest BCUT2D eigenvalue weighted by atomic mass is 10.1. The Kier molecular flexibility index (Phi) is 4.39. The van der Waals surface area contributed by atoms with Crippen molar-refractivity contribution in [1.29, 1.82) is 0 Å². The van der Waals surface area contributed by atoms with Crippen molar-refractivity contribution in [2.75, 3.05) is 13.7 Å². The zero-order valence-corrected chi connectivity index (χ0v) is 14.6. The standard InChI is InChI=1S/C20H20N4O2/c1-26-19-10-9-17(13-21-19)24-18(15-6-3-2-4-7-15)12-16(22-24)14-23-11-5-8-20(23)25/h2-4,6-7,9-10,12-13H,5,8,11,14H2,1H3. The normalized spacial score (nSPS) is 14.0. The van der Waals surface area contributed by atoms with E-state index in [2.05, 4.69) is 17.1 Å². The van der Waals surface area contributed by atoms with Crippen molar-refractivity contribution >= 4 is 5.91 Å². The molecule has 6 heteroatoms. The number of carbonyl (C=O) groups is 1. The minimum absolute atomic E-state index is 0.201. The van der Waals surface area contributed by atoms with Crippen LogP contribution in [-0.2, 0) is 11.3 Å². The van der Waals surface area contributed by atoms with Gasteiger partial charge in [0, 0.05) is 24.6 Å². The van der Waals surface area contributed by atoms with Crippen LogP contribution in [0.3, 0.4) is 0 Å². The summed E-state index contributed by atoms with van der Waals surface area (Å²) in [6, 6.07) is 15.9. The van der Waals surface area contributed by atoms with Crippen LogP contribution in [0.25, 0.3) is 16.9 Å². The maximum atomic E-state index is 11.9. The second-order valence-electron chi connectivity index (χ2n) is 6.28. The van der Waals surface area contributed by atoms with E-state index in [0.717, 1.165) is 35.6 Å². The Bertz CT molecular complexity index is 903. The van der Waals surface area contributed by atoms with Crippen molar-refractivity contribution in [2.45, 2.75) is 19.4 Å². The largest absolute Gasteiger partial charge is 0.481 e. The highest BCUT2D eigenvalue weighted by Gasteiger charge is 2.22. The van der Waals surface area contributed by atoms with E-state index in [-0.39, 0.29) is 5.91 Å². The molecule has 0 spiro atoms. The van der Waals surface area contributed by atoms with Gasteiger partial charge >= 0.3 is 0 Å². The molecule has 0 radical (unpaired) electrons. The van der Waals surface area contributed by atoms with E-state index in [1.54, 1.807) is 13.3 Å². The highest BCUT2D eigenvalue weighted by Crippen LogP contribution is 2.25. The number of rotatable bonds is 5. The molecule has 1 saturated heterocycles. The Morgan fingerprint density at radius 1 is 1.15 bits per heavy atom. The molecule has 1 fully saturated rings. The van der Waals surface area contributed by atoms with Crippen molar-refractivity contribution < 1.29 is 9.53 Å². The molecule has 0 aliphatic carbocycles. The lowest BCUT2D eigenvalue weighted by Gasteiger charge is -2.13. The first-order valence-corrected chi connectivity index (χ1v) is 8.67. The van der Waals surface area contributed by atoms with Gasteiger partial charge in [-0.3, -0.25) is 4.79 Å². The summed E-state index contributed by atoms with van der Waals surface area (Å²) in [5.74, 6) is 0.761. The van der Waals surface area contributed by atoms with Crippen LogP contribution in [0.15, 0.2) is 54.7 Å². The van der Waals surface area contributed by atoms with Gasteiger partial charge < -0.3 is 9.64 Å². The number of benzene rings is 1. The molecule has 132 valence electrons.